The van der Waals surface area contributed by atoms with Crippen molar-refractivity contribution in [1.29, 1.82) is 0 Å². The van der Waals surface area contributed by atoms with Crippen LogP contribution in [0.1, 0.15) is 13.3 Å². The molecular formula is C9H12BrN3O2S. The molecule has 1 aromatic heterocycles. The zero-order valence-electron chi connectivity index (χ0n) is 8.77. The van der Waals surface area contributed by atoms with E-state index < -0.39 is 15.4 Å². The van der Waals surface area contributed by atoms with E-state index in [2.05, 4.69) is 31.2 Å². The smallest absolute Gasteiger partial charge is 0.152 e. The van der Waals surface area contributed by atoms with E-state index in [0.717, 1.165) is 4.47 Å². The van der Waals surface area contributed by atoms with Crippen LogP contribution >= 0.6 is 15.9 Å². The van der Waals surface area contributed by atoms with Crippen molar-refractivity contribution >= 4 is 31.6 Å². The van der Waals surface area contributed by atoms with Gasteiger partial charge in [-0.3, -0.25) is 0 Å². The first-order valence-electron chi connectivity index (χ1n) is 4.84. The fourth-order valence-electron chi connectivity index (χ4n) is 1.80. The van der Waals surface area contributed by atoms with Crippen LogP contribution in [0.5, 0.6) is 0 Å². The zero-order chi connectivity index (χ0) is 11.8. The first kappa shape index (κ1) is 11.8. The standard InChI is InChI=1S/C9H12BrN3O2S/c1-9(2-3-16(14,15)5-9)13-8-7(10)4-11-6-12-8/h4,6H,2-3,5H2,1H3,(H,11,12,13). The molecule has 0 radical (unpaired) electrons. The minimum atomic E-state index is -2.91. The largest absolute Gasteiger partial charge is 0.363 e. The quantitative estimate of drug-likeness (QED) is 0.890. The molecule has 0 spiro atoms. The lowest BCUT2D eigenvalue weighted by molar-refractivity contribution is 0.571. The van der Waals surface area contributed by atoms with E-state index in [0.29, 0.717) is 12.2 Å². The normalized spacial score (nSPS) is 27.9. The van der Waals surface area contributed by atoms with Crippen molar-refractivity contribution in [2.75, 3.05) is 16.8 Å². The van der Waals surface area contributed by atoms with Crippen LogP contribution in [0.15, 0.2) is 17.0 Å². The fraction of sp³-hybridized carbons (Fsp3) is 0.556. The second-order valence-corrected chi connectivity index (χ2v) is 7.29. The second-order valence-electron chi connectivity index (χ2n) is 4.25. The Hall–Kier alpha value is -0.690. The maximum absolute atomic E-state index is 11.4. The molecule has 16 heavy (non-hydrogen) atoms. The number of sulfone groups is 1. The molecule has 0 amide bonds. The third-order valence-electron chi connectivity index (χ3n) is 2.59. The Morgan fingerprint density at radius 1 is 1.56 bits per heavy atom. The van der Waals surface area contributed by atoms with E-state index in [1.165, 1.54) is 6.33 Å². The molecule has 1 N–H and O–H groups in total. The van der Waals surface area contributed by atoms with E-state index in [4.69, 9.17) is 0 Å². The monoisotopic (exact) mass is 305 g/mol. The van der Waals surface area contributed by atoms with Gasteiger partial charge in [0.2, 0.25) is 0 Å². The van der Waals surface area contributed by atoms with Crippen LogP contribution in [-0.4, -0.2) is 35.4 Å². The van der Waals surface area contributed by atoms with Gasteiger partial charge in [-0.15, -0.1) is 0 Å². The van der Waals surface area contributed by atoms with Crippen LogP contribution in [0.2, 0.25) is 0 Å². The maximum atomic E-state index is 11.4. The van der Waals surface area contributed by atoms with Gasteiger partial charge >= 0.3 is 0 Å². The van der Waals surface area contributed by atoms with Crippen LogP contribution < -0.4 is 5.32 Å². The van der Waals surface area contributed by atoms with Crippen LogP contribution in [0.3, 0.4) is 0 Å². The van der Waals surface area contributed by atoms with Crippen molar-refractivity contribution in [2.24, 2.45) is 0 Å². The highest BCUT2D eigenvalue weighted by Gasteiger charge is 2.38. The van der Waals surface area contributed by atoms with Gasteiger partial charge in [0, 0.05) is 6.20 Å². The number of anilines is 1. The van der Waals surface area contributed by atoms with Crippen molar-refractivity contribution in [3.05, 3.63) is 17.0 Å². The molecule has 2 rings (SSSR count). The van der Waals surface area contributed by atoms with Gasteiger partial charge in [-0.1, -0.05) is 0 Å². The molecule has 1 saturated heterocycles. The molecule has 0 bridgehead atoms. The number of nitrogens with zero attached hydrogens (tertiary/aromatic N) is 2. The van der Waals surface area contributed by atoms with E-state index in [-0.39, 0.29) is 11.5 Å². The van der Waals surface area contributed by atoms with Gasteiger partial charge in [-0.2, -0.15) is 0 Å². The van der Waals surface area contributed by atoms with E-state index >= 15 is 0 Å². The lowest BCUT2D eigenvalue weighted by atomic mass is 10.0. The van der Waals surface area contributed by atoms with Gasteiger partial charge in [-0.25, -0.2) is 18.4 Å². The van der Waals surface area contributed by atoms with Crippen molar-refractivity contribution in [3.63, 3.8) is 0 Å². The van der Waals surface area contributed by atoms with Crippen molar-refractivity contribution in [3.8, 4) is 0 Å². The molecule has 0 saturated carbocycles. The molecule has 0 aliphatic carbocycles. The summed E-state index contributed by atoms with van der Waals surface area (Å²) in [7, 11) is -2.91. The third kappa shape index (κ3) is 2.52. The molecule has 1 fully saturated rings. The van der Waals surface area contributed by atoms with Crippen LogP contribution in [-0.2, 0) is 9.84 Å². The van der Waals surface area contributed by atoms with E-state index in [1.54, 1.807) is 6.20 Å². The summed E-state index contributed by atoms with van der Waals surface area (Å²) < 4.78 is 23.6. The highest BCUT2D eigenvalue weighted by atomic mass is 79.9. The molecule has 5 nitrogen and oxygen atoms in total. The van der Waals surface area contributed by atoms with E-state index in [1.807, 2.05) is 6.92 Å². The molecule has 7 heteroatoms. The number of rotatable bonds is 2. The van der Waals surface area contributed by atoms with Crippen LogP contribution in [0.4, 0.5) is 5.82 Å². The molecule has 1 atom stereocenters. The molecule has 2 heterocycles. The topological polar surface area (TPSA) is 72.0 Å². The highest BCUT2D eigenvalue weighted by Crippen LogP contribution is 2.29. The molecule has 1 aromatic rings. The lowest BCUT2D eigenvalue weighted by Gasteiger charge is -2.24. The summed E-state index contributed by atoms with van der Waals surface area (Å²) in [5, 5.41) is 3.16. The summed E-state index contributed by atoms with van der Waals surface area (Å²) >= 11 is 3.32. The summed E-state index contributed by atoms with van der Waals surface area (Å²) in [6.45, 7) is 1.89. The predicted octanol–water partition coefficient (Wildman–Crippen LogP) is 1.23. The summed E-state index contributed by atoms with van der Waals surface area (Å²) in [6.07, 6.45) is 3.66. The third-order valence-corrected chi connectivity index (χ3v) is 5.07. The Labute approximate surface area is 103 Å². The maximum Gasteiger partial charge on any atom is 0.152 e. The van der Waals surface area contributed by atoms with Crippen LogP contribution in [0.25, 0.3) is 0 Å². The number of aromatic nitrogens is 2. The first-order valence-corrected chi connectivity index (χ1v) is 7.46. The molecule has 1 aliphatic rings. The minimum absolute atomic E-state index is 0.149. The Balaban J connectivity index is 2.20. The summed E-state index contributed by atoms with van der Waals surface area (Å²) in [5.41, 5.74) is -0.435. The molecule has 1 unspecified atom stereocenters. The van der Waals surface area contributed by atoms with Gasteiger partial charge < -0.3 is 5.32 Å². The van der Waals surface area contributed by atoms with Gasteiger partial charge in [0.25, 0.3) is 0 Å². The minimum Gasteiger partial charge on any atom is -0.363 e. The second kappa shape index (κ2) is 3.96. The Morgan fingerprint density at radius 2 is 2.31 bits per heavy atom. The summed E-state index contributed by atoms with van der Waals surface area (Å²) in [4.78, 5) is 7.93. The van der Waals surface area contributed by atoms with E-state index in [9.17, 15) is 8.42 Å². The fourth-order valence-corrected chi connectivity index (χ4v) is 4.21. The van der Waals surface area contributed by atoms with Gasteiger partial charge in [0.15, 0.2) is 9.84 Å². The van der Waals surface area contributed by atoms with Crippen LogP contribution in [0, 0.1) is 0 Å². The average Bonchev–Trinajstić information content (AvgIpc) is 2.45. The molecule has 0 aromatic carbocycles. The van der Waals surface area contributed by atoms with Crippen molar-refractivity contribution in [2.45, 2.75) is 18.9 Å². The number of halogens is 1. The first-order chi connectivity index (χ1) is 7.40. The van der Waals surface area contributed by atoms with Gasteiger partial charge in [0.1, 0.15) is 12.1 Å². The van der Waals surface area contributed by atoms with Gasteiger partial charge in [0.05, 0.1) is 21.5 Å². The zero-order valence-corrected chi connectivity index (χ0v) is 11.2. The summed E-state index contributed by atoms with van der Waals surface area (Å²) in [6, 6.07) is 0. The SMILES string of the molecule is CC1(Nc2ncncc2Br)CCS(=O)(=O)C1. The average molecular weight is 306 g/mol. The molecule has 88 valence electrons. The Morgan fingerprint density at radius 3 is 2.88 bits per heavy atom. The van der Waals surface area contributed by atoms with Gasteiger partial charge in [-0.05, 0) is 29.3 Å². The predicted molar refractivity (Wildman–Crippen MR) is 65.0 cm³/mol. The number of hydrogen-bond acceptors (Lipinski definition) is 5. The van der Waals surface area contributed by atoms with Crippen molar-refractivity contribution < 1.29 is 8.42 Å². The number of hydrogen-bond donors (Lipinski definition) is 1. The Bertz CT molecular complexity index is 505. The number of nitrogens with one attached hydrogen (secondary N) is 1. The van der Waals surface area contributed by atoms with Crippen molar-refractivity contribution in [1.82, 2.24) is 9.97 Å². The Kier molecular flexibility index (Phi) is 2.91. The summed E-state index contributed by atoms with van der Waals surface area (Å²) in [5.74, 6) is 1.02. The molecule has 1 aliphatic heterocycles. The molecular weight excluding hydrogens is 294 g/mol. The lowest BCUT2D eigenvalue weighted by Crippen LogP contribution is -2.36. The highest BCUT2D eigenvalue weighted by molar-refractivity contribution is 9.10.